The summed E-state index contributed by atoms with van der Waals surface area (Å²) in [5, 5.41) is 1.95. The Labute approximate surface area is 158 Å². The van der Waals surface area contributed by atoms with Crippen LogP contribution < -0.4 is 24.7 Å². The third-order valence-electron chi connectivity index (χ3n) is 4.00. The van der Waals surface area contributed by atoms with Crippen molar-refractivity contribution in [3.63, 3.8) is 0 Å². The Kier molecular flexibility index (Phi) is 5.40. The van der Waals surface area contributed by atoms with Crippen molar-refractivity contribution >= 4 is 20.2 Å². The van der Waals surface area contributed by atoms with Gasteiger partial charge in [0.1, 0.15) is 0 Å². The van der Waals surface area contributed by atoms with Gasteiger partial charge in [-0.2, -0.15) is 0 Å². The van der Waals surface area contributed by atoms with Crippen LogP contribution in [-0.4, -0.2) is 47.9 Å². The Morgan fingerprint density at radius 2 is 1.46 bits per heavy atom. The monoisotopic (exact) mass is 420 g/mol. The van der Waals surface area contributed by atoms with Crippen molar-refractivity contribution in [2.45, 2.75) is 0 Å². The van der Waals surface area contributed by atoms with E-state index >= 15 is 0 Å². The summed E-state index contributed by atoms with van der Waals surface area (Å²) in [6, 6.07) is 9.60. The molecule has 2 aromatic carbocycles. The molecule has 0 fully saturated rings. The first kappa shape index (κ1) is 18.2. The molecule has 1 aromatic heterocycles. The van der Waals surface area contributed by atoms with Gasteiger partial charge in [-0.3, -0.25) is 0 Å². The number of ether oxygens (including phenoxy) is 4. The maximum atomic E-state index is 6.07. The van der Waals surface area contributed by atoms with Gasteiger partial charge in [-0.05, 0) is 0 Å². The Hall–Kier alpha value is -2.63. The zero-order valence-corrected chi connectivity index (χ0v) is 16.7. The number of benzene rings is 2. The van der Waals surface area contributed by atoms with Crippen LogP contribution in [0, 0.1) is 0 Å². The number of methoxy groups -OCH3 is 4. The number of hydrogen-bond acceptors (Lipinski definition) is 6. The van der Waals surface area contributed by atoms with Gasteiger partial charge in [0.25, 0.3) is 0 Å². The Balaban J connectivity index is 2.13. The van der Waals surface area contributed by atoms with E-state index in [4.69, 9.17) is 24.7 Å². The van der Waals surface area contributed by atoms with E-state index in [1.165, 1.54) is 0 Å². The molecule has 3 aromatic rings. The van der Waals surface area contributed by atoms with Crippen molar-refractivity contribution < 1.29 is 18.9 Å². The van der Waals surface area contributed by atoms with Crippen LogP contribution in [0.4, 0.5) is 5.69 Å². The molecular formula is C19H20N2O4Se. The van der Waals surface area contributed by atoms with E-state index < -0.39 is 0 Å². The van der Waals surface area contributed by atoms with E-state index in [1.54, 1.807) is 28.4 Å². The molecule has 0 atom stereocenters. The number of rotatable bonds is 6. The molecule has 2 N–H and O–H groups in total. The van der Waals surface area contributed by atoms with Gasteiger partial charge in [0.05, 0.1) is 0 Å². The molecule has 7 heteroatoms. The van der Waals surface area contributed by atoms with Crippen molar-refractivity contribution in [3.05, 3.63) is 35.4 Å². The van der Waals surface area contributed by atoms with Gasteiger partial charge < -0.3 is 0 Å². The average molecular weight is 419 g/mol. The molecule has 6 nitrogen and oxygen atoms in total. The quantitative estimate of drug-likeness (QED) is 0.489. The van der Waals surface area contributed by atoms with Gasteiger partial charge in [-0.1, -0.05) is 0 Å². The van der Waals surface area contributed by atoms with Gasteiger partial charge in [0.2, 0.25) is 0 Å². The number of hydrogen-bond donors (Lipinski definition) is 1. The van der Waals surface area contributed by atoms with Gasteiger partial charge in [-0.25, -0.2) is 0 Å². The third-order valence-corrected chi connectivity index (χ3v) is 5.83. The van der Waals surface area contributed by atoms with Crippen LogP contribution in [0.1, 0.15) is 0 Å². The summed E-state index contributed by atoms with van der Waals surface area (Å²) >= 11 is 0.108. The van der Waals surface area contributed by atoms with Crippen LogP contribution in [0.3, 0.4) is 0 Å². The first-order chi connectivity index (χ1) is 12.6. The molecule has 0 unspecified atom stereocenters. The van der Waals surface area contributed by atoms with Gasteiger partial charge >= 0.3 is 158 Å². The Morgan fingerprint density at radius 3 is 2.00 bits per heavy atom. The molecule has 0 radical (unpaired) electrons. The van der Waals surface area contributed by atoms with E-state index in [0.717, 1.165) is 21.3 Å². The normalized spacial score (nSPS) is 10.5. The first-order valence-corrected chi connectivity index (χ1v) is 9.65. The maximum absolute atomic E-state index is 6.07. The van der Waals surface area contributed by atoms with Crippen molar-refractivity contribution in [1.29, 1.82) is 0 Å². The molecule has 0 saturated heterocycles. The summed E-state index contributed by atoms with van der Waals surface area (Å²) in [6.07, 6.45) is 0. The molecule has 0 amide bonds. The van der Waals surface area contributed by atoms with Crippen LogP contribution in [0.2, 0.25) is 0 Å². The first-order valence-electron chi connectivity index (χ1n) is 7.80. The molecule has 0 aliphatic carbocycles. The predicted octanol–water partition coefficient (Wildman–Crippen LogP) is 3.09. The minimum atomic E-state index is 0.108. The van der Waals surface area contributed by atoms with Crippen LogP contribution >= 0.6 is 0 Å². The van der Waals surface area contributed by atoms with E-state index in [2.05, 4.69) is 4.98 Å². The standard InChI is InChI=1S/C19H20N2O4Se/c1-22-14-6-5-11(7-13(14)20)19-17(21-10-26-19)12-8-15(23-2)18(25-4)16(9-12)24-3/h5-10H,20H2,1-4H3. The molecule has 0 aliphatic rings. The Bertz CT molecular complexity index is 899. The van der Waals surface area contributed by atoms with Crippen LogP contribution in [-0.2, 0) is 0 Å². The molecule has 0 aliphatic heterocycles. The SMILES string of the molecule is COc1ccc(-c2[se]cnc2-c2cc(OC)c(OC)c(OC)c2)cc1N. The number of aromatic nitrogens is 1. The third kappa shape index (κ3) is 3.23. The fourth-order valence-corrected chi connectivity index (χ4v) is 4.45. The molecule has 0 saturated carbocycles. The molecule has 0 bridgehead atoms. The summed E-state index contributed by atoms with van der Waals surface area (Å²) in [4.78, 5) is 4.60. The number of nitrogen functional groups attached to an aromatic ring is 1. The molecule has 3 rings (SSSR count). The van der Waals surface area contributed by atoms with Crippen LogP contribution in [0.15, 0.2) is 35.4 Å². The minimum absolute atomic E-state index is 0.108. The van der Waals surface area contributed by atoms with Crippen molar-refractivity contribution in [3.8, 4) is 44.3 Å². The average Bonchev–Trinajstić information content (AvgIpc) is 3.16. The molecule has 26 heavy (non-hydrogen) atoms. The second-order valence-corrected chi connectivity index (χ2v) is 7.19. The predicted molar refractivity (Wildman–Crippen MR) is 103 cm³/mol. The summed E-state index contributed by atoms with van der Waals surface area (Å²) in [5.41, 5.74) is 9.49. The topological polar surface area (TPSA) is 75.8 Å². The second-order valence-electron chi connectivity index (χ2n) is 5.40. The van der Waals surface area contributed by atoms with E-state index in [9.17, 15) is 0 Å². The number of nitrogens with two attached hydrogens (primary N) is 1. The summed E-state index contributed by atoms with van der Waals surface area (Å²) in [6.45, 7) is 0. The molecular weight excluding hydrogens is 399 g/mol. The van der Waals surface area contributed by atoms with Gasteiger partial charge in [0.15, 0.2) is 0 Å². The van der Waals surface area contributed by atoms with E-state index in [-0.39, 0.29) is 14.5 Å². The summed E-state index contributed by atoms with van der Waals surface area (Å²) < 4.78 is 22.7. The zero-order chi connectivity index (χ0) is 18.7. The van der Waals surface area contributed by atoms with Crippen LogP contribution in [0.5, 0.6) is 23.0 Å². The molecule has 0 spiro atoms. The summed E-state index contributed by atoms with van der Waals surface area (Å²) in [5.74, 6) is 2.41. The van der Waals surface area contributed by atoms with Gasteiger partial charge in [0, 0.05) is 0 Å². The Morgan fingerprint density at radius 1 is 0.808 bits per heavy atom. The van der Waals surface area contributed by atoms with Crippen molar-refractivity contribution in [1.82, 2.24) is 4.98 Å². The van der Waals surface area contributed by atoms with Crippen LogP contribution in [0.25, 0.3) is 21.3 Å². The molecule has 136 valence electrons. The fourth-order valence-electron chi connectivity index (χ4n) is 2.75. The van der Waals surface area contributed by atoms with Crippen molar-refractivity contribution in [2.24, 2.45) is 0 Å². The number of nitrogens with zero attached hydrogens (tertiary/aromatic N) is 1. The summed E-state index contributed by atoms with van der Waals surface area (Å²) in [7, 11) is 6.39. The van der Waals surface area contributed by atoms with Gasteiger partial charge in [-0.15, -0.1) is 0 Å². The second kappa shape index (κ2) is 7.72. The van der Waals surface area contributed by atoms with E-state index in [0.29, 0.717) is 28.7 Å². The number of anilines is 1. The zero-order valence-electron chi connectivity index (χ0n) is 15.0. The van der Waals surface area contributed by atoms with Crippen molar-refractivity contribution in [2.75, 3.05) is 34.2 Å². The van der Waals surface area contributed by atoms with E-state index in [1.807, 2.05) is 35.4 Å². The fraction of sp³-hybridized carbons (Fsp3) is 0.211. The molecule has 1 heterocycles.